The molecule has 3 rings (SSSR count). The molecular formula is C31H40O6. The van der Waals surface area contributed by atoms with Crippen molar-refractivity contribution in [2.24, 2.45) is 0 Å². The number of rotatable bonds is 18. The number of esters is 1. The van der Waals surface area contributed by atoms with Crippen molar-refractivity contribution in [2.45, 2.75) is 71.1 Å². The summed E-state index contributed by atoms with van der Waals surface area (Å²) in [6.45, 7) is 4.22. The van der Waals surface area contributed by atoms with Crippen molar-refractivity contribution in [3.05, 3.63) is 70.3 Å². The lowest BCUT2D eigenvalue weighted by atomic mass is 9.82. The van der Waals surface area contributed by atoms with Gasteiger partial charge in [0, 0.05) is 28.9 Å². The molecule has 200 valence electrons. The van der Waals surface area contributed by atoms with E-state index in [4.69, 9.17) is 14.2 Å². The van der Waals surface area contributed by atoms with Crippen LogP contribution in [0, 0.1) is 0 Å². The van der Waals surface area contributed by atoms with E-state index in [1.165, 1.54) is 63.9 Å². The predicted octanol–water partition coefficient (Wildman–Crippen LogP) is 6.57. The van der Waals surface area contributed by atoms with Gasteiger partial charge >= 0.3 is 5.97 Å². The minimum absolute atomic E-state index is 0.0552. The standard InChI is InChI=1S/C31H40O6/c1-2-3-4-5-6-7-8-9-10-13-19-35-20-21-36-22-23-37-31(34)27-18-14-17-26-28(27)30(33)25-16-12-11-15-24(25)29(26)32/h11-12,14-18H,2-10,13,19-23H2,1H3. The van der Waals surface area contributed by atoms with Crippen molar-refractivity contribution >= 4 is 17.5 Å². The van der Waals surface area contributed by atoms with E-state index in [0.29, 0.717) is 24.3 Å². The van der Waals surface area contributed by atoms with E-state index in [9.17, 15) is 14.4 Å². The predicted molar refractivity (Wildman–Crippen MR) is 144 cm³/mol. The normalized spacial score (nSPS) is 12.4. The number of ketones is 2. The second-order valence-electron chi connectivity index (χ2n) is 9.47. The zero-order chi connectivity index (χ0) is 26.3. The van der Waals surface area contributed by atoms with Gasteiger partial charge in [-0.3, -0.25) is 9.59 Å². The summed E-state index contributed by atoms with van der Waals surface area (Å²) in [4.78, 5) is 38.5. The number of unbranched alkanes of at least 4 members (excludes halogenated alkanes) is 9. The molecule has 0 spiro atoms. The summed E-state index contributed by atoms with van der Waals surface area (Å²) < 4.78 is 16.4. The first-order valence-electron chi connectivity index (χ1n) is 13.8. The van der Waals surface area contributed by atoms with E-state index in [1.807, 2.05) is 0 Å². The first-order valence-corrected chi connectivity index (χ1v) is 13.8. The Kier molecular flexibility index (Phi) is 12.5. The summed E-state index contributed by atoms with van der Waals surface area (Å²) in [5, 5.41) is 0. The summed E-state index contributed by atoms with van der Waals surface area (Å²) in [6.07, 6.45) is 13.0. The fourth-order valence-corrected chi connectivity index (χ4v) is 4.60. The van der Waals surface area contributed by atoms with Crippen LogP contribution in [0.2, 0.25) is 0 Å². The minimum Gasteiger partial charge on any atom is -0.460 e. The van der Waals surface area contributed by atoms with Gasteiger partial charge in [-0.25, -0.2) is 4.79 Å². The van der Waals surface area contributed by atoms with Crippen molar-refractivity contribution in [2.75, 3.05) is 33.0 Å². The molecule has 0 atom stereocenters. The zero-order valence-corrected chi connectivity index (χ0v) is 22.1. The van der Waals surface area contributed by atoms with Crippen LogP contribution in [0.15, 0.2) is 42.5 Å². The Hall–Kier alpha value is -2.83. The molecule has 1 aliphatic rings. The summed E-state index contributed by atoms with van der Waals surface area (Å²) in [7, 11) is 0. The number of benzene rings is 2. The lowest BCUT2D eigenvalue weighted by Gasteiger charge is -2.19. The summed E-state index contributed by atoms with van der Waals surface area (Å²) >= 11 is 0. The monoisotopic (exact) mass is 508 g/mol. The number of hydrogen-bond donors (Lipinski definition) is 0. The van der Waals surface area contributed by atoms with Crippen LogP contribution in [0.1, 0.15) is 113 Å². The third-order valence-electron chi connectivity index (χ3n) is 6.65. The minimum atomic E-state index is -0.641. The van der Waals surface area contributed by atoms with Crippen LogP contribution in [0.25, 0.3) is 0 Å². The first-order chi connectivity index (χ1) is 18.1. The highest BCUT2D eigenvalue weighted by Gasteiger charge is 2.33. The summed E-state index contributed by atoms with van der Waals surface area (Å²) in [5.41, 5.74) is 1.10. The zero-order valence-electron chi connectivity index (χ0n) is 22.1. The van der Waals surface area contributed by atoms with Gasteiger partial charge in [0.2, 0.25) is 0 Å². The molecular weight excluding hydrogens is 468 g/mol. The van der Waals surface area contributed by atoms with E-state index in [1.54, 1.807) is 36.4 Å². The van der Waals surface area contributed by atoms with Gasteiger partial charge in [0.1, 0.15) is 6.61 Å². The third-order valence-corrected chi connectivity index (χ3v) is 6.65. The molecule has 6 heteroatoms. The second-order valence-corrected chi connectivity index (χ2v) is 9.47. The molecule has 0 aliphatic heterocycles. The SMILES string of the molecule is CCCCCCCCCCCCOCCOCCOC(=O)c1cccc2c1C(=O)c1ccccc1C2=O. The maximum Gasteiger partial charge on any atom is 0.338 e. The number of carbonyl (C=O) groups is 3. The van der Waals surface area contributed by atoms with Crippen LogP contribution in [-0.4, -0.2) is 50.6 Å². The Bertz CT molecular complexity index is 1030. The van der Waals surface area contributed by atoms with Gasteiger partial charge in [-0.1, -0.05) is 101 Å². The topological polar surface area (TPSA) is 78.9 Å². The van der Waals surface area contributed by atoms with Crippen LogP contribution in [0.5, 0.6) is 0 Å². The highest BCUT2D eigenvalue weighted by atomic mass is 16.6. The Balaban J connectivity index is 1.26. The molecule has 0 N–H and O–H groups in total. The van der Waals surface area contributed by atoms with Crippen molar-refractivity contribution in [3.8, 4) is 0 Å². The van der Waals surface area contributed by atoms with E-state index >= 15 is 0 Å². The van der Waals surface area contributed by atoms with Crippen LogP contribution in [0.4, 0.5) is 0 Å². The molecule has 0 heterocycles. The number of hydrogen-bond acceptors (Lipinski definition) is 6. The average Bonchev–Trinajstić information content (AvgIpc) is 2.93. The van der Waals surface area contributed by atoms with Crippen molar-refractivity contribution in [1.29, 1.82) is 0 Å². The Morgan fingerprint density at radius 3 is 1.81 bits per heavy atom. The molecule has 0 aromatic heterocycles. The summed E-state index contributed by atoms with van der Waals surface area (Å²) in [5.74, 6) is -1.24. The van der Waals surface area contributed by atoms with Gasteiger partial charge in [-0.15, -0.1) is 0 Å². The number of ether oxygens (including phenoxy) is 3. The number of carbonyl (C=O) groups excluding carboxylic acids is 3. The molecule has 0 bridgehead atoms. The van der Waals surface area contributed by atoms with Gasteiger partial charge in [-0.2, -0.15) is 0 Å². The fourth-order valence-electron chi connectivity index (χ4n) is 4.60. The molecule has 0 saturated heterocycles. The molecule has 0 radical (unpaired) electrons. The average molecular weight is 509 g/mol. The van der Waals surface area contributed by atoms with Crippen molar-refractivity contribution < 1.29 is 28.6 Å². The van der Waals surface area contributed by atoms with E-state index in [0.717, 1.165) is 13.0 Å². The molecule has 2 aromatic rings. The lowest BCUT2D eigenvalue weighted by molar-refractivity contribution is 0.0141. The fraction of sp³-hybridized carbons (Fsp3) is 0.516. The molecule has 0 amide bonds. The molecule has 0 saturated carbocycles. The van der Waals surface area contributed by atoms with Crippen LogP contribution in [0.3, 0.4) is 0 Å². The Morgan fingerprint density at radius 1 is 0.595 bits per heavy atom. The van der Waals surface area contributed by atoms with Gasteiger partial charge < -0.3 is 14.2 Å². The second kappa shape index (κ2) is 16.1. The maximum atomic E-state index is 13.0. The van der Waals surface area contributed by atoms with E-state index in [2.05, 4.69) is 6.92 Å². The highest BCUT2D eigenvalue weighted by molar-refractivity contribution is 6.30. The highest BCUT2D eigenvalue weighted by Crippen LogP contribution is 2.29. The molecule has 6 nitrogen and oxygen atoms in total. The van der Waals surface area contributed by atoms with Gasteiger partial charge in [0.15, 0.2) is 11.6 Å². The molecule has 37 heavy (non-hydrogen) atoms. The van der Waals surface area contributed by atoms with Crippen LogP contribution < -0.4 is 0 Å². The smallest absolute Gasteiger partial charge is 0.338 e. The van der Waals surface area contributed by atoms with Gasteiger partial charge in [0.25, 0.3) is 0 Å². The quantitative estimate of drug-likeness (QED) is 0.143. The van der Waals surface area contributed by atoms with Gasteiger partial charge in [-0.05, 0) is 12.5 Å². The van der Waals surface area contributed by atoms with E-state index in [-0.39, 0.29) is 41.5 Å². The first kappa shape index (κ1) is 28.7. The maximum absolute atomic E-state index is 13.0. The number of fused-ring (bicyclic) bond motifs is 2. The molecule has 1 aliphatic carbocycles. The molecule has 2 aromatic carbocycles. The van der Waals surface area contributed by atoms with Crippen molar-refractivity contribution in [3.63, 3.8) is 0 Å². The largest absolute Gasteiger partial charge is 0.460 e. The molecule has 0 fully saturated rings. The summed E-state index contributed by atoms with van der Waals surface area (Å²) in [6, 6.07) is 11.3. The molecule has 0 unspecified atom stereocenters. The third kappa shape index (κ3) is 8.61. The van der Waals surface area contributed by atoms with Crippen LogP contribution in [-0.2, 0) is 14.2 Å². The lowest BCUT2D eigenvalue weighted by Crippen LogP contribution is -2.24. The Labute approximate surface area is 220 Å². The van der Waals surface area contributed by atoms with Crippen molar-refractivity contribution in [1.82, 2.24) is 0 Å². The van der Waals surface area contributed by atoms with E-state index < -0.39 is 5.97 Å². The van der Waals surface area contributed by atoms with Gasteiger partial charge in [0.05, 0.1) is 25.4 Å². The Morgan fingerprint density at radius 2 is 1.14 bits per heavy atom. The van der Waals surface area contributed by atoms with Crippen LogP contribution >= 0.6 is 0 Å².